The van der Waals surface area contributed by atoms with Gasteiger partial charge in [-0.05, 0) is 32.0 Å². The lowest BCUT2D eigenvalue weighted by Crippen LogP contribution is -2.45. The van der Waals surface area contributed by atoms with Gasteiger partial charge >= 0.3 is 0 Å². The maximum atomic E-state index is 13.0. The fraction of sp³-hybridized carbons (Fsp3) is 0.409. The summed E-state index contributed by atoms with van der Waals surface area (Å²) >= 11 is 0. The van der Waals surface area contributed by atoms with Crippen LogP contribution >= 0.6 is 0 Å². The minimum absolute atomic E-state index is 0.229. The molecule has 0 radical (unpaired) electrons. The maximum Gasteiger partial charge on any atom is 0.241 e. The Morgan fingerprint density at radius 1 is 1.19 bits per heavy atom. The van der Waals surface area contributed by atoms with Crippen LogP contribution in [0.25, 0.3) is 0 Å². The number of ether oxygens (including phenoxy) is 3. The summed E-state index contributed by atoms with van der Waals surface area (Å²) in [5.41, 5.74) is 0.617. The maximum absolute atomic E-state index is 13.0. The lowest BCUT2D eigenvalue weighted by atomic mass is 9.89. The summed E-state index contributed by atoms with van der Waals surface area (Å²) in [4.78, 5) is 13.0. The quantitative estimate of drug-likeness (QED) is 0.700. The van der Waals surface area contributed by atoms with Gasteiger partial charge in [0.2, 0.25) is 15.9 Å². The fourth-order valence-electron chi connectivity index (χ4n) is 3.67. The molecule has 1 N–H and O–H groups in total. The molecule has 0 spiro atoms. The third kappa shape index (κ3) is 5.22. The van der Waals surface area contributed by atoms with Gasteiger partial charge in [0.25, 0.3) is 0 Å². The van der Waals surface area contributed by atoms with Gasteiger partial charge in [0.05, 0.1) is 32.2 Å². The SMILES string of the molecule is COc1ccc(OC)c(N(CC(=O)NC2CC(C)(C)Oc3ccccc32)S(C)(=O)=O)c1. The van der Waals surface area contributed by atoms with E-state index in [-0.39, 0.29) is 11.7 Å². The molecule has 0 aliphatic carbocycles. The van der Waals surface area contributed by atoms with E-state index < -0.39 is 28.1 Å². The predicted octanol–water partition coefficient (Wildman–Crippen LogP) is 2.89. The van der Waals surface area contributed by atoms with Crippen LogP contribution in [-0.4, -0.2) is 46.9 Å². The Bertz CT molecular complexity index is 1070. The molecule has 1 unspecified atom stereocenters. The van der Waals surface area contributed by atoms with Crippen molar-refractivity contribution in [3.05, 3.63) is 48.0 Å². The van der Waals surface area contributed by atoms with Gasteiger partial charge in [-0.2, -0.15) is 0 Å². The van der Waals surface area contributed by atoms with Gasteiger partial charge in [0.15, 0.2) is 0 Å². The van der Waals surface area contributed by atoms with Crippen LogP contribution in [0.5, 0.6) is 17.2 Å². The summed E-state index contributed by atoms with van der Waals surface area (Å²) in [5, 5.41) is 2.97. The van der Waals surface area contributed by atoms with Gasteiger partial charge in [-0.15, -0.1) is 0 Å². The molecule has 8 nitrogen and oxygen atoms in total. The van der Waals surface area contributed by atoms with Crippen molar-refractivity contribution in [2.45, 2.75) is 31.9 Å². The zero-order valence-corrected chi connectivity index (χ0v) is 19.2. The molecule has 2 aromatic carbocycles. The van der Waals surface area contributed by atoms with Crippen molar-refractivity contribution in [3.63, 3.8) is 0 Å². The smallest absolute Gasteiger partial charge is 0.241 e. The minimum Gasteiger partial charge on any atom is -0.497 e. The second-order valence-corrected chi connectivity index (χ2v) is 9.94. The van der Waals surface area contributed by atoms with E-state index in [4.69, 9.17) is 14.2 Å². The highest BCUT2D eigenvalue weighted by Crippen LogP contribution is 2.39. The van der Waals surface area contributed by atoms with Crippen LogP contribution in [-0.2, 0) is 14.8 Å². The molecular weight excluding hydrogens is 420 g/mol. The van der Waals surface area contributed by atoms with E-state index in [1.165, 1.54) is 20.3 Å². The van der Waals surface area contributed by atoms with E-state index in [2.05, 4.69) is 5.32 Å². The molecule has 0 saturated heterocycles. The molecular formula is C22H28N2O6S. The third-order valence-electron chi connectivity index (χ3n) is 5.05. The number of fused-ring (bicyclic) bond motifs is 1. The molecule has 1 amide bonds. The number of rotatable bonds is 7. The van der Waals surface area contributed by atoms with Crippen LogP contribution in [0, 0.1) is 0 Å². The summed E-state index contributed by atoms with van der Waals surface area (Å²) in [7, 11) is -0.866. The van der Waals surface area contributed by atoms with E-state index in [9.17, 15) is 13.2 Å². The van der Waals surface area contributed by atoms with E-state index in [0.717, 1.165) is 16.1 Å². The largest absolute Gasteiger partial charge is 0.497 e. The number of methoxy groups -OCH3 is 2. The number of hydrogen-bond donors (Lipinski definition) is 1. The van der Waals surface area contributed by atoms with E-state index in [0.29, 0.717) is 23.7 Å². The molecule has 9 heteroatoms. The van der Waals surface area contributed by atoms with Crippen molar-refractivity contribution in [2.24, 2.45) is 0 Å². The Labute approximate surface area is 183 Å². The lowest BCUT2D eigenvalue weighted by molar-refractivity contribution is -0.120. The highest BCUT2D eigenvalue weighted by molar-refractivity contribution is 7.92. The van der Waals surface area contributed by atoms with Crippen LogP contribution in [0.2, 0.25) is 0 Å². The monoisotopic (exact) mass is 448 g/mol. The molecule has 0 aromatic heterocycles. The number of anilines is 1. The van der Waals surface area contributed by atoms with E-state index >= 15 is 0 Å². The zero-order valence-electron chi connectivity index (χ0n) is 18.3. The molecule has 0 saturated carbocycles. The Kier molecular flexibility index (Phi) is 6.35. The first-order valence-corrected chi connectivity index (χ1v) is 11.7. The molecule has 0 fully saturated rings. The third-order valence-corrected chi connectivity index (χ3v) is 6.18. The summed E-state index contributed by atoms with van der Waals surface area (Å²) in [6, 6.07) is 12.0. The van der Waals surface area contributed by atoms with Gasteiger partial charge in [0.1, 0.15) is 29.4 Å². The van der Waals surface area contributed by atoms with E-state index in [1.807, 2.05) is 38.1 Å². The second-order valence-electron chi connectivity index (χ2n) is 8.03. The number of hydrogen-bond acceptors (Lipinski definition) is 6. The molecule has 3 rings (SSSR count). The number of benzene rings is 2. The fourth-order valence-corrected chi connectivity index (χ4v) is 4.53. The molecule has 2 aromatic rings. The van der Waals surface area contributed by atoms with Gasteiger partial charge in [-0.1, -0.05) is 18.2 Å². The van der Waals surface area contributed by atoms with Gasteiger partial charge < -0.3 is 19.5 Å². The molecule has 0 bridgehead atoms. The Balaban J connectivity index is 1.88. The van der Waals surface area contributed by atoms with Crippen molar-refractivity contribution in [1.82, 2.24) is 5.32 Å². The Hall–Kier alpha value is -2.94. The van der Waals surface area contributed by atoms with Crippen LogP contribution < -0.4 is 23.8 Å². The van der Waals surface area contributed by atoms with Crippen molar-refractivity contribution in [3.8, 4) is 17.2 Å². The average Bonchev–Trinajstić information content (AvgIpc) is 2.70. The number of carbonyl (C=O) groups is 1. The van der Waals surface area contributed by atoms with Crippen LogP contribution in [0.1, 0.15) is 31.9 Å². The predicted molar refractivity (Wildman–Crippen MR) is 118 cm³/mol. The highest BCUT2D eigenvalue weighted by Gasteiger charge is 2.35. The average molecular weight is 449 g/mol. The summed E-state index contributed by atoms with van der Waals surface area (Å²) < 4.78 is 42.7. The number of para-hydroxylation sites is 1. The number of nitrogens with one attached hydrogen (secondary N) is 1. The highest BCUT2D eigenvalue weighted by atomic mass is 32.2. The summed E-state index contributed by atoms with van der Waals surface area (Å²) in [5.74, 6) is 1.04. The van der Waals surface area contributed by atoms with Crippen molar-refractivity contribution in [1.29, 1.82) is 0 Å². The number of amides is 1. The van der Waals surface area contributed by atoms with Crippen LogP contribution in [0.3, 0.4) is 0 Å². The first-order valence-electron chi connectivity index (χ1n) is 9.81. The van der Waals surface area contributed by atoms with E-state index in [1.54, 1.807) is 12.1 Å². The Morgan fingerprint density at radius 2 is 1.90 bits per heavy atom. The normalized spacial score (nSPS) is 17.1. The summed E-state index contributed by atoms with van der Waals surface area (Å²) in [6.07, 6.45) is 1.60. The first kappa shape index (κ1) is 22.7. The summed E-state index contributed by atoms with van der Waals surface area (Å²) in [6.45, 7) is 3.50. The number of sulfonamides is 1. The molecule has 168 valence electrons. The topological polar surface area (TPSA) is 94.2 Å². The number of nitrogens with zero attached hydrogens (tertiary/aromatic N) is 1. The van der Waals surface area contributed by atoms with Crippen LogP contribution in [0.15, 0.2) is 42.5 Å². The van der Waals surface area contributed by atoms with Gasteiger partial charge in [-0.3, -0.25) is 9.10 Å². The molecule has 31 heavy (non-hydrogen) atoms. The zero-order chi connectivity index (χ0) is 22.8. The lowest BCUT2D eigenvalue weighted by Gasteiger charge is -2.38. The molecule has 1 aliphatic rings. The number of carbonyl (C=O) groups excluding carboxylic acids is 1. The molecule has 1 aliphatic heterocycles. The minimum atomic E-state index is -3.78. The standard InChI is InChI=1S/C22H28N2O6S/c1-22(2)13-17(16-8-6-7-9-19(16)30-22)23-21(25)14-24(31(5,26)27)18-12-15(28-3)10-11-20(18)29-4/h6-12,17H,13-14H2,1-5H3,(H,23,25). The van der Waals surface area contributed by atoms with Gasteiger partial charge in [-0.25, -0.2) is 8.42 Å². The van der Waals surface area contributed by atoms with Crippen LogP contribution in [0.4, 0.5) is 5.69 Å². The molecule has 1 heterocycles. The van der Waals surface area contributed by atoms with Crippen molar-refractivity contribution < 1.29 is 27.4 Å². The molecule has 1 atom stereocenters. The first-order chi connectivity index (χ1) is 14.5. The second kappa shape index (κ2) is 8.66. The van der Waals surface area contributed by atoms with Crippen molar-refractivity contribution in [2.75, 3.05) is 31.3 Å². The van der Waals surface area contributed by atoms with Gasteiger partial charge in [0, 0.05) is 18.1 Å². The van der Waals surface area contributed by atoms with Crippen molar-refractivity contribution >= 4 is 21.6 Å². The Morgan fingerprint density at radius 3 is 2.55 bits per heavy atom.